The van der Waals surface area contributed by atoms with E-state index >= 15 is 0 Å². The second-order valence-electron chi connectivity index (χ2n) is 5.83. The SMILES string of the molecule is CN(C)CCOCc1ccc(CNC(C)(C)C)s1. The lowest BCUT2D eigenvalue weighted by molar-refractivity contribution is 0.107. The van der Waals surface area contributed by atoms with Crippen LogP contribution in [0.25, 0.3) is 0 Å². The first-order chi connectivity index (χ1) is 8.37. The first-order valence-corrected chi connectivity index (χ1v) is 7.23. The summed E-state index contributed by atoms with van der Waals surface area (Å²) in [6.45, 7) is 9.99. The Morgan fingerprint density at radius 3 is 2.50 bits per heavy atom. The smallest absolute Gasteiger partial charge is 0.0810 e. The van der Waals surface area contributed by atoms with Gasteiger partial charge < -0.3 is 15.0 Å². The molecule has 3 nitrogen and oxygen atoms in total. The molecule has 0 unspecified atom stereocenters. The van der Waals surface area contributed by atoms with Crippen LogP contribution in [0.3, 0.4) is 0 Å². The van der Waals surface area contributed by atoms with Gasteiger partial charge in [0.25, 0.3) is 0 Å². The fourth-order valence-corrected chi connectivity index (χ4v) is 2.26. The molecule has 0 radical (unpaired) electrons. The zero-order valence-electron chi connectivity index (χ0n) is 12.2. The molecule has 18 heavy (non-hydrogen) atoms. The van der Waals surface area contributed by atoms with E-state index in [0.717, 1.165) is 26.3 Å². The van der Waals surface area contributed by atoms with Gasteiger partial charge in [0.05, 0.1) is 13.2 Å². The van der Waals surface area contributed by atoms with Crippen molar-refractivity contribution in [1.82, 2.24) is 10.2 Å². The highest BCUT2D eigenvalue weighted by Gasteiger charge is 2.09. The van der Waals surface area contributed by atoms with Gasteiger partial charge in [-0.25, -0.2) is 0 Å². The molecule has 1 heterocycles. The van der Waals surface area contributed by atoms with Crippen molar-refractivity contribution in [3.63, 3.8) is 0 Å². The van der Waals surface area contributed by atoms with Crippen molar-refractivity contribution < 1.29 is 4.74 Å². The standard InChI is InChI=1S/C14H26N2OS/c1-14(2,3)15-10-12-6-7-13(18-12)11-17-9-8-16(4)5/h6-7,15H,8-11H2,1-5H3. The molecular formula is C14H26N2OS. The molecule has 1 aromatic heterocycles. The second kappa shape index (κ2) is 7.24. The molecule has 1 N–H and O–H groups in total. The van der Waals surface area contributed by atoms with Crippen LogP contribution in [0.4, 0.5) is 0 Å². The maximum atomic E-state index is 5.64. The third-order valence-electron chi connectivity index (χ3n) is 2.44. The van der Waals surface area contributed by atoms with Crippen LogP contribution in [0.2, 0.25) is 0 Å². The lowest BCUT2D eigenvalue weighted by Gasteiger charge is -2.19. The molecule has 4 heteroatoms. The Morgan fingerprint density at radius 2 is 1.89 bits per heavy atom. The third-order valence-corrected chi connectivity index (χ3v) is 3.50. The van der Waals surface area contributed by atoms with E-state index in [2.05, 4.69) is 57.2 Å². The number of hydrogen-bond acceptors (Lipinski definition) is 4. The molecular weight excluding hydrogens is 244 g/mol. The number of rotatable bonds is 7. The van der Waals surface area contributed by atoms with Crippen LogP contribution in [0.1, 0.15) is 30.5 Å². The van der Waals surface area contributed by atoms with Gasteiger partial charge in [0.1, 0.15) is 0 Å². The summed E-state index contributed by atoms with van der Waals surface area (Å²) in [6, 6.07) is 4.36. The van der Waals surface area contributed by atoms with Gasteiger partial charge in [0.2, 0.25) is 0 Å². The lowest BCUT2D eigenvalue weighted by Crippen LogP contribution is -2.34. The Hall–Kier alpha value is -0.420. The summed E-state index contributed by atoms with van der Waals surface area (Å²) in [5, 5.41) is 3.50. The molecule has 0 bridgehead atoms. The zero-order valence-corrected chi connectivity index (χ0v) is 13.1. The van der Waals surface area contributed by atoms with E-state index in [0.29, 0.717) is 0 Å². The monoisotopic (exact) mass is 270 g/mol. The quantitative estimate of drug-likeness (QED) is 0.771. The predicted octanol–water partition coefficient (Wildman–Crippen LogP) is 2.71. The van der Waals surface area contributed by atoms with Crippen molar-refractivity contribution in [2.75, 3.05) is 27.2 Å². The van der Waals surface area contributed by atoms with Crippen LogP contribution in [0.5, 0.6) is 0 Å². The van der Waals surface area contributed by atoms with E-state index in [1.807, 2.05) is 11.3 Å². The number of thiophene rings is 1. The summed E-state index contributed by atoms with van der Waals surface area (Å²) in [5.41, 5.74) is 0.173. The molecule has 0 amide bonds. The highest BCUT2D eigenvalue weighted by atomic mass is 32.1. The molecule has 0 aliphatic rings. The first kappa shape index (κ1) is 15.6. The minimum Gasteiger partial charge on any atom is -0.375 e. The van der Waals surface area contributed by atoms with Gasteiger partial charge in [-0.3, -0.25) is 0 Å². The maximum absolute atomic E-state index is 5.64. The fraction of sp³-hybridized carbons (Fsp3) is 0.714. The Balaban J connectivity index is 2.26. The van der Waals surface area contributed by atoms with E-state index in [1.165, 1.54) is 9.75 Å². The third kappa shape index (κ3) is 7.11. The van der Waals surface area contributed by atoms with Gasteiger partial charge in [-0.2, -0.15) is 0 Å². The molecule has 0 spiro atoms. The van der Waals surface area contributed by atoms with Crippen molar-refractivity contribution in [3.8, 4) is 0 Å². The molecule has 1 rings (SSSR count). The largest absolute Gasteiger partial charge is 0.375 e. The van der Waals surface area contributed by atoms with Gasteiger partial charge in [0, 0.05) is 28.4 Å². The normalized spacial score (nSPS) is 12.3. The molecule has 0 aliphatic heterocycles. The number of likely N-dealkylation sites (N-methyl/N-ethyl adjacent to an activating group) is 1. The van der Waals surface area contributed by atoms with Crippen molar-refractivity contribution in [2.45, 2.75) is 39.5 Å². The molecule has 0 saturated carbocycles. The average Bonchev–Trinajstić information content (AvgIpc) is 2.68. The summed E-state index contributed by atoms with van der Waals surface area (Å²) in [5.74, 6) is 0. The molecule has 0 aromatic carbocycles. The van der Waals surface area contributed by atoms with Gasteiger partial charge in [-0.05, 0) is 47.0 Å². The molecule has 0 saturated heterocycles. The molecule has 104 valence electrons. The Kier molecular flexibility index (Phi) is 6.29. The van der Waals surface area contributed by atoms with Crippen LogP contribution in [0.15, 0.2) is 12.1 Å². The van der Waals surface area contributed by atoms with Gasteiger partial charge >= 0.3 is 0 Å². The van der Waals surface area contributed by atoms with E-state index < -0.39 is 0 Å². The van der Waals surface area contributed by atoms with Crippen molar-refractivity contribution in [3.05, 3.63) is 21.9 Å². The number of ether oxygens (including phenoxy) is 1. The second-order valence-corrected chi connectivity index (χ2v) is 7.08. The minimum atomic E-state index is 0.173. The summed E-state index contributed by atoms with van der Waals surface area (Å²) in [6.07, 6.45) is 0. The van der Waals surface area contributed by atoms with Crippen LogP contribution >= 0.6 is 11.3 Å². The molecule has 0 aliphatic carbocycles. The minimum absolute atomic E-state index is 0.173. The molecule has 1 aromatic rings. The Morgan fingerprint density at radius 1 is 1.22 bits per heavy atom. The average molecular weight is 270 g/mol. The number of nitrogens with zero attached hydrogens (tertiary/aromatic N) is 1. The lowest BCUT2D eigenvalue weighted by atomic mass is 10.1. The first-order valence-electron chi connectivity index (χ1n) is 6.42. The van der Waals surface area contributed by atoms with Gasteiger partial charge in [0.15, 0.2) is 0 Å². The van der Waals surface area contributed by atoms with Crippen LogP contribution < -0.4 is 5.32 Å². The highest BCUT2D eigenvalue weighted by molar-refractivity contribution is 7.11. The van der Waals surface area contributed by atoms with Crippen LogP contribution in [-0.2, 0) is 17.9 Å². The molecule has 0 fully saturated rings. The van der Waals surface area contributed by atoms with Gasteiger partial charge in [-0.1, -0.05) is 0 Å². The van der Waals surface area contributed by atoms with E-state index in [4.69, 9.17) is 4.74 Å². The number of nitrogens with one attached hydrogen (secondary N) is 1. The Bertz CT molecular complexity index is 342. The van der Waals surface area contributed by atoms with E-state index in [-0.39, 0.29) is 5.54 Å². The van der Waals surface area contributed by atoms with E-state index in [1.54, 1.807) is 0 Å². The summed E-state index contributed by atoms with van der Waals surface area (Å²) < 4.78 is 5.64. The van der Waals surface area contributed by atoms with Crippen molar-refractivity contribution in [1.29, 1.82) is 0 Å². The van der Waals surface area contributed by atoms with E-state index in [9.17, 15) is 0 Å². The fourth-order valence-electron chi connectivity index (χ4n) is 1.37. The highest BCUT2D eigenvalue weighted by Crippen LogP contribution is 2.18. The van der Waals surface area contributed by atoms with Crippen molar-refractivity contribution in [2.24, 2.45) is 0 Å². The Labute approximate surface area is 115 Å². The van der Waals surface area contributed by atoms with Crippen LogP contribution in [0, 0.1) is 0 Å². The summed E-state index contributed by atoms with van der Waals surface area (Å²) in [7, 11) is 4.12. The van der Waals surface area contributed by atoms with Crippen molar-refractivity contribution >= 4 is 11.3 Å². The van der Waals surface area contributed by atoms with Crippen LogP contribution in [-0.4, -0.2) is 37.7 Å². The number of hydrogen-bond donors (Lipinski definition) is 1. The summed E-state index contributed by atoms with van der Waals surface area (Å²) in [4.78, 5) is 4.81. The van der Waals surface area contributed by atoms with Gasteiger partial charge in [-0.15, -0.1) is 11.3 Å². The molecule has 0 atom stereocenters. The topological polar surface area (TPSA) is 24.5 Å². The summed E-state index contributed by atoms with van der Waals surface area (Å²) >= 11 is 1.83. The zero-order chi connectivity index (χ0) is 13.6. The predicted molar refractivity (Wildman–Crippen MR) is 79.1 cm³/mol. The maximum Gasteiger partial charge on any atom is 0.0810 e.